The summed E-state index contributed by atoms with van der Waals surface area (Å²) in [4.78, 5) is 10.4. The van der Waals surface area contributed by atoms with Crippen molar-refractivity contribution in [3.05, 3.63) is 87.7 Å². The molecule has 7 rings (SSSR count). The normalized spacial score (nSPS) is 22.7. The first-order valence-corrected chi connectivity index (χ1v) is 17.3. The zero-order chi connectivity index (χ0) is 33.1. The number of aromatic nitrogens is 4. The molecule has 0 saturated carbocycles. The minimum atomic E-state index is -4.68. The van der Waals surface area contributed by atoms with E-state index in [0.717, 1.165) is 18.4 Å². The molecule has 2 aromatic heterocycles. The number of benzene rings is 2. The number of para-hydroxylation sites is 1. The molecule has 0 unspecified atom stereocenters. The minimum absolute atomic E-state index is 0.120. The van der Waals surface area contributed by atoms with Crippen LogP contribution in [-0.2, 0) is 34.8 Å². The summed E-state index contributed by atoms with van der Waals surface area (Å²) in [7, 11) is -3.21. The van der Waals surface area contributed by atoms with Crippen LogP contribution in [0.2, 0.25) is 5.02 Å². The Labute approximate surface area is 273 Å². The lowest BCUT2D eigenvalue weighted by atomic mass is 9.88. The maximum Gasteiger partial charge on any atom is 0.451 e. The molecule has 15 heteroatoms. The van der Waals surface area contributed by atoms with E-state index < -0.39 is 38.7 Å². The Balaban J connectivity index is 1.07. The van der Waals surface area contributed by atoms with E-state index in [1.165, 1.54) is 12.3 Å². The number of likely N-dealkylation sites (tertiary alicyclic amines) is 1. The van der Waals surface area contributed by atoms with Gasteiger partial charge in [0.15, 0.2) is 27.2 Å². The molecule has 0 radical (unpaired) electrons. The summed E-state index contributed by atoms with van der Waals surface area (Å²) in [5.74, 6) is -1.86. The molecule has 2 aromatic carbocycles. The van der Waals surface area contributed by atoms with Crippen LogP contribution < -0.4 is 9.47 Å². The Morgan fingerprint density at radius 3 is 2.55 bits per heavy atom. The lowest BCUT2D eigenvalue weighted by Crippen LogP contribution is -2.38. The van der Waals surface area contributed by atoms with Gasteiger partial charge in [-0.25, -0.2) is 17.8 Å². The van der Waals surface area contributed by atoms with Crippen molar-refractivity contribution in [3.63, 3.8) is 0 Å². The Hall–Kier alpha value is -3.75. The molecule has 4 aromatic rings. The molecule has 9 nitrogen and oxygen atoms in total. The van der Waals surface area contributed by atoms with E-state index in [-0.39, 0.29) is 40.1 Å². The van der Waals surface area contributed by atoms with E-state index in [0.29, 0.717) is 48.8 Å². The summed E-state index contributed by atoms with van der Waals surface area (Å²) in [5.41, 5.74) is 2.81. The van der Waals surface area contributed by atoms with Crippen molar-refractivity contribution in [1.29, 1.82) is 0 Å². The highest BCUT2D eigenvalue weighted by molar-refractivity contribution is 7.93. The summed E-state index contributed by atoms with van der Waals surface area (Å²) >= 11 is 5.95. The number of alkyl halides is 3. The number of sulfone groups is 1. The molecule has 0 aliphatic carbocycles. The second-order valence-electron chi connectivity index (χ2n) is 12.3. The number of piperidine rings is 1. The average molecular weight is 692 g/mol. The van der Waals surface area contributed by atoms with Gasteiger partial charge in [-0.2, -0.15) is 18.3 Å². The number of hydrogen-bond acceptors (Lipinski definition) is 8. The van der Waals surface area contributed by atoms with E-state index in [2.05, 4.69) is 20.0 Å². The monoisotopic (exact) mass is 691 g/mol. The van der Waals surface area contributed by atoms with Gasteiger partial charge in [0.25, 0.3) is 5.79 Å². The first kappa shape index (κ1) is 31.8. The largest absolute Gasteiger partial charge is 0.451 e. The highest BCUT2D eigenvalue weighted by Gasteiger charge is 2.43. The molecular weight excluding hydrogens is 662 g/mol. The van der Waals surface area contributed by atoms with Gasteiger partial charge in [0.1, 0.15) is 5.82 Å². The van der Waals surface area contributed by atoms with Gasteiger partial charge in [-0.05, 0) is 80.6 Å². The van der Waals surface area contributed by atoms with Gasteiger partial charge in [0.05, 0.1) is 22.3 Å². The quantitative estimate of drug-likeness (QED) is 0.221. The van der Waals surface area contributed by atoms with Crippen LogP contribution >= 0.6 is 11.6 Å². The number of aromatic amines is 1. The van der Waals surface area contributed by atoms with Crippen LogP contribution in [0, 0.1) is 5.82 Å². The van der Waals surface area contributed by atoms with Gasteiger partial charge in [-0.15, -0.1) is 0 Å². The Morgan fingerprint density at radius 1 is 1.11 bits per heavy atom. The van der Waals surface area contributed by atoms with Crippen LogP contribution in [0.1, 0.15) is 60.3 Å². The van der Waals surface area contributed by atoms with E-state index >= 15 is 0 Å². The predicted molar refractivity (Wildman–Crippen MR) is 164 cm³/mol. The molecule has 0 spiro atoms. The van der Waals surface area contributed by atoms with Crippen LogP contribution in [0.25, 0.3) is 11.4 Å². The molecule has 2 atom stereocenters. The second-order valence-corrected chi connectivity index (χ2v) is 15.2. The highest BCUT2D eigenvalue weighted by atomic mass is 35.5. The number of hydrogen-bond donors (Lipinski definition) is 1. The van der Waals surface area contributed by atoms with Gasteiger partial charge in [-0.1, -0.05) is 23.7 Å². The van der Waals surface area contributed by atoms with Crippen molar-refractivity contribution in [3.8, 4) is 22.9 Å². The van der Waals surface area contributed by atoms with Crippen LogP contribution in [0.15, 0.2) is 48.7 Å². The summed E-state index contributed by atoms with van der Waals surface area (Å²) in [6.45, 7) is 3.53. The molecular formula is C32H30ClF4N5O4S. The fourth-order valence-electron chi connectivity index (χ4n) is 6.50. The van der Waals surface area contributed by atoms with E-state index in [9.17, 15) is 26.0 Å². The Bertz CT molecular complexity index is 1950. The molecule has 2 saturated heterocycles. The standard InChI is InChI=1S/C32H30ClF4N5O4S/c1-31(24-6-5-21(33)15-25(24)34)45-27-4-2-3-23(28(27)46-31)18-7-10-42(11-8-18)17-26-19(14-22-9-12-47(22,43)44)13-20(16-38-26)29-39-30(41-40-29)32(35,36)37/h2-6,13,15-16,18,22H,7-12,14,17H2,1H3,(H,39,40,41)/t22-,31+/m0/s1. The molecule has 5 heterocycles. The van der Waals surface area contributed by atoms with Crippen molar-refractivity contribution >= 4 is 21.4 Å². The minimum Gasteiger partial charge on any atom is -0.444 e. The first-order chi connectivity index (χ1) is 22.3. The number of nitrogens with zero attached hydrogens (tertiary/aromatic N) is 4. The Kier molecular flexibility index (Phi) is 7.95. The molecule has 1 N–H and O–H groups in total. The second kappa shape index (κ2) is 11.7. The molecule has 47 heavy (non-hydrogen) atoms. The van der Waals surface area contributed by atoms with Gasteiger partial charge in [-0.3, -0.25) is 15.0 Å². The molecule has 3 aliphatic rings. The maximum atomic E-state index is 14.8. The zero-order valence-corrected chi connectivity index (χ0v) is 26.7. The van der Waals surface area contributed by atoms with Gasteiger partial charge < -0.3 is 9.47 Å². The van der Waals surface area contributed by atoms with Crippen LogP contribution in [0.4, 0.5) is 17.6 Å². The molecule has 0 bridgehead atoms. The smallest absolute Gasteiger partial charge is 0.444 e. The van der Waals surface area contributed by atoms with Crippen LogP contribution in [0.5, 0.6) is 11.5 Å². The van der Waals surface area contributed by atoms with Gasteiger partial charge in [0.2, 0.25) is 5.82 Å². The topological polar surface area (TPSA) is 110 Å². The molecule has 2 fully saturated rings. The van der Waals surface area contributed by atoms with E-state index in [1.807, 2.05) is 17.2 Å². The third kappa shape index (κ3) is 6.18. The third-order valence-corrected chi connectivity index (χ3v) is 11.6. The summed E-state index contributed by atoms with van der Waals surface area (Å²) in [6, 6.07) is 11.7. The number of nitrogens with one attached hydrogen (secondary N) is 1. The fourth-order valence-corrected chi connectivity index (χ4v) is 8.05. The molecule has 3 aliphatic heterocycles. The number of H-pyrrole nitrogens is 1. The third-order valence-electron chi connectivity index (χ3n) is 9.18. The maximum absolute atomic E-state index is 14.8. The number of fused-ring (bicyclic) bond motifs is 1. The van der Waals surface area contributed by atoms with Gasteiger partial charge in [0, 0.05) is 35.8 Å². The van der Waals surface area contributed by atoms with E-state index in [4.69, 9.17) is 21.1 Å². The molecule has 0 amide bonds. The van der Waals surface area contributed by atoms with Crippen molar-refractivity contribution in [2.24, 2.45) is 0 Å². The summed E-state index contributed by atoms with van der Waals surface area (Å²) < 4.78 is 91.3. The van der Waals surface area contributed by atoms with Crippen LogP contribution in [-0.4, -0.2) is 57.6 Å². The number of ether oxygens (including phenoxy) is 2. The highest BCUT2D eigenvalue weighted by Crippen LogP contribution is 2.50. The number of rotatable bonds is 7. The Morgan fingerprint density at radius 2 is 1.89 bits per heavy atom. The van der Waals surface area contributed by atoms with Gasteiger partial charge >= 0.3 is 6.18 Å². The predicted octanol–water partition coefficient (Wildman–Crippen LogP) is 6.43. The number of halogens is 5. The zero-order valence-electron chi connectivity index (χ0n) is 25.2. The number of pyridine rings is 1. The first-order valence-electron chi connectivity index (χ1n) is 15.2. The lowest BCUT2D eigenvalue weighted by molar-refractivity contribution is -0.144. The van der Waals surface area contributed by atoms with Crippen molar-refractivity contribution in [2.75, 3.05) is 18.8 Å². The van der Waals surface area contributed by atoms with Crippen molar-refractivity contribution < 1.29 is 35.5 Å². The average Bonchev–Trinajstić information content (AvgIpc) is 3.66. The SMILES string of the molecule is C[C@@]1(c2ccc(Cl)cc2F)Oc2cccc(C3CCN(Cc4ncc(-c5n[nH]c(C(F)(F)F)n5)cc4C[C@@H]4CCS4(=O)=O)CC3)c2O1. The molecule has 248 valence electrons. The van der Waals surface area contributed by atoms with E-state index in [1.54, 1.807) is 31.2 Å². The van der Waals surface area contributed by atoms with Crippen molar-refractivity contribution in [1.82, 2.24) is 25.1 Å². The summed E-state index contributed by atoms with van der Waals surface area (Å²) in [5, 5.41) is 5.34. The summed E-state index contributed by atoms with van der Waals surface area (Å²) in [6.07, 6.45) is -0.948. The fraction of sp³-hybridized carbons (Fsp3) is 0.406. The lowest BCUT2D eigenvalue weighted by Gasteiger charge is -2.33. The van der Waals surface area contributed by atoms with Crippen molar-refractivity contribution in [2.45, 2.75) is 62.3 Å². The van der Waals surface area contributed by atoms with Crippen LogP contribution in [0.3, 0.4) is 0 Å².